The Labute approximate surface area is 99.4 Å². The summed E-state index contributed by atoms with van der Waals surface area (Å²) in [6, 6.07) is 0.145. The molecule has 0 radical (unpaired) electrons. The van der Waals surface area contributed by atoms with Gasteiger partial charge in [-0.2, -0.15) is 0 Å². The first-order chi connectivity index (χ1) is 7.52. The molecule has 0 aromatic carbocycles. The quantitative estimate of drug-likeness (QED) is 0.345. The van der Waals surface area contributed by atoms with Crippen LogP contribution in [0, 0.1) is 18.3 Å². The van der Waals surface area contributed by atoms with Crippen LogP contribution in [-0.4, -0.2) is 49.1 Å². The van der Waals surface area contributed by atoms with Gasteiger partial charge in [0.25, 0.3) is 0 Å². The van der Waals surface area contributed by atoms with Gasteiger partial charge >= 0.3 is 0 Å². The zero-order chi connectivity index (χ0) is 13.0. The van der Waals surface area contributed by atoms with Gasteiger partial charge in [0.1, 0.15) is 0 Å². The maximum atomic E-state index is 8.83. The van der Waals surface area contributed by atoms with Gasteiger partial charge < -0.3 is 20.8 Å². The zero-order valence-corrected chi connectivity index (χ0v) is 10.7. The van der Waals surface area contributed by atoms with Crippen molar-refractivity contribution in [3.8, 4) is 12.8 Å². The number of rotatable bonds is 8. The van der Waals surface area contributed by atoms with Crippen LogP contribution in [0.15, 0.2) is 0 Å². The Hall–Kier alpha value is -0.600. The molecule has 96 valence electrons. The van der Waals surface area contributed by atoms with Crippen molar-refractivity contribution in [3.05, 3.63) is 0 Å². The summed E-state index contributed by atoms with van der Waals surface area (Å²) in [6.45, 7) is 8.95. The van der Waals surface area contributed by atoms with Crippen LogP contribution >= 0.6 is 0 Å². The van der Waals surface area contributed by atoms with E-state index >= 15 is 0 Å². The van der Waals surface area contributed by atoms with Gasteiger partial charge in [-0.05, 0) is 12.3 Å². The van der Waals surface area contributed by atoms with Gasteiger partial charge in [-0.15, -0.1) is 12.8 Å². The van der Waals surface area contributed by atoms with Gasteiger partial charge in [-0.25, -0.2) is 0 Å². The van der Waals surface area contributed by atoms with Crippen molar-refractivity contribution in [2.24, 2.45) is 5.41 Å². The number of aliphatic hydroxyl groups excluding tert-OH is 2. The van der Waals surface area contributed by atoms with Gasteiger partial charge in [0.2, 0.25) is 0 Å². The Morgan fingerprint density at radius 2 is 1.75 bits per heavy atom. The third-order valence-electron chi connectivity index (χ3n) is 2.10. The summed E-state index contributed by atoms with van der Waals surface area (Å²) < 4.78 is 0. The van der Waals surface area contributed by atoms with Crippen LogP contribution < -0.4 is 10.6 Å². The molecule has 0 unspecified atom stereocenters. The molecule has 0 fully saturated rings. The monoisotopic (exact) mass is 230 g/mol. The number of hydrogen-bond acceptors (Lipinski definition) is 4. The number of terminal acetylenes is 1. The van der Waals surface area contributed by atoms with Crippen molar-refractivity contribution in [3.63, 3.8) is 0 Å². The molecular formula is C12H26N2O2. The van der Waals surface area contributed by atoms with Gasteiger partial charge in [0.15, 0.2) is 0 Å². The predicted molar refractivity (Wildman–Crippen MR) is 68.2 cm³/mol. The Balaban J connectivity index is 0. The first-order valence-corrected chi connectivity index (χ1v) is 5.51. The molecule has 0 rings (SSSR count). The number of aliphatic hydroxyl groups is 2. The first kappa shape index (κ1) is 17.8. The maximum Gasteiger partial charge on any atom is 0.0581 e. The van der Waals surface area contributed by atoms with E-state index in [1.54, 1.807) is 0 Å². The Morgan fingerprint density at radius 3 is 2.19 bits per heavy atom. The van der Waals surface area contributed by atoms with Crippen molar-refractivity contribution < 1.29 is 10.2 Å². The normalized spacial score (nSPS) is 12.7. The average molecular weight is 230 g/mol. The molecule has 4 N–H and O–H groups in total. The molecule has 0 amide bonds. The number of nitrogens with one attached hydrogen (secondary N) is 2. The second-order valence-corrected chi connectivity index (χ2v) is 4.53. The molecular weight excluding hydrogens is 204 g/mol. The molecule has 0 saturated heterocycles. The maximum absolute atomic E-state index is 8.83. The molecule has 0 aromatic heterocycles. The lowest BCUT2D eigenvalue weighted by Crippen LogP contribution is -2.42. The molecule has 0 aliphatic heterocycles. The summed E-state index contributed by atoms with van der Waals surface area (Å²) in [5.41, 5.74) is 0.137. The Morgan fingerprint density at radius 1 is 1.19 bits per heavy atom. The molecule has 4 heteroatoms. The van der Waals surface area contributed by atoms with Crippen LogP contribution in [0.4, 0.5) is 0 Å². The fourth-order valence-electron chi connectivity index (χ4n) is 1.08. The van der Waals surface area contributed by atoms with Crippen LogP contribution in [0.1, 0.15) is 20.8 Å². The fraction of sp³-hybridized carbons (Fsp3) is 0.833. The van der Waals surface area contributed by atoms with Crippen molar-refractivity contribution in [1.29, 1.82) is 0 Å². The van der Waals surface area contributed by atoms with Crippen molar-refractivity contribution >= 4 is 0 Å². The van der Waals surface area contributed by atoms with E-state index in [9.17, 15) is 0 Å². The predicted octanol–water partition coefficient (Wildman–Crippen LogP) is -0.186. The molecule has 0 saturated carbocycles. The van der Waals surface area contributed by atoms with E-state index in [1.165, 1.54) is 0 Å². The fourth-order valence-corrected chi connectivity index (χ4v) is 1.08. The molecule has 1 atom stereocenters. The molecule has 0 aromatic rings. The molecule has 0 aliphatic carbocycles. The lowest BCUT2D eigenvalue weighted by atomic mass is 9.93. The van der Waals surface area contributed by atoms with E-state index in [0.29, 0.717) is 6.54 Å². The van der Waals surface area contributed by atoms with Crippen molar-refractivity contribution in [2.75, 3.05) is 32.8 Å². The zero-order valence-electron chi connectivity index (χ0n) is 10.7. The topological polar surface area (TPSA) is 64.5 Å². The summed E-state index contributed by atoms with van der Waals surface area (Å²) in [5, 5.41) is 23.9. The van der Waals surface area contributed by atoms with Gasteiger partial charge in [-0.1, -0.05) is 13.8 Å². The van der Waals surface area contributed by atoms with E-state index in [2.05, 4.69) is 37.3 Å². The largest absolute Gasteiger partial charge is 0.395 e. The minimum atomic E-state index is 0.137. The highest BCUT2D eigenvalue weighted by atomic mass is 16.3. The summed E-state index contributed by atoms with van der Waals surface area (Å²) in [5.74, 6) is 0. The minimum absolute atomic E-state index is 0.137. The van der Waals surface area contributed by atoms with E-state index in [1.807, 2.05) is 6.92 Å². The number of hydrogen-bond donors (Lipinski definition) is 4. The van der Waals surface area contributed by atoms with Crippen molar-refractivity contribution in [2.45, 2.75) is 26.8 Å². The smallest absolute Gasteiger partial charge is 0.0581 e. The first-order valence-electron chi connectivity index (χ1n) is 5.51. The lowest BCUT2D eigenvalue weighted by molar-refractivity contribution is 0.225. The van der Waals surface area contributed by atoms with Crippen LogP contribution in [0.25, 0.3) is 0 Å². The van der Waals surface area contributed by atoms with Crippen LogP contribution in [0.2, 0.25) is 0 Å². The summed E-state index contributed by atoms with van der Waals surface area (Å²) in [4.78, 5) is 0. The molecule has 0 heterocycles. The summed E-state index contributed by atoms with van der Waals surface area (Å²) >= 11 is 0. The third kappa shape index (κ3) is 11.5. The standard InChI is InChI=1S/C10H24N2O2.C2H2/c1-9(6-14)12-8-10(2,3)7-11-4-5-13;1-2/h9,11-14H,4-8H2,1-3H3;1-2H/t9-;/m0./s1. The van der Waals surface area contributed by atoms with E-state index in [0.717, 1.165) is 13.1 Å². The van der Waals surface area contributed by atoms with E-state index in [-0.39, 0.29) is 24.7 Å². The highest BCUT2D eigenvalue weighted by Crippen LogP contribution is 2.11. The van der Waals surface area contributed by atoms with Crippen LogP contribution in [0.3, 0.4) is 0 Å². The van der Waals surface area contributed by atoms with E-state index < -0.39 is 0 Å². The lowest BCUT2D eigenvalue weighted by Gasteiger charge is -2.27. The molecule has 0 spiro atoms. The van der Waals surface area contributed by atoms with Gasteiger partial charge in [0.05, 0.1) is 13.2 Å². The molecule has 0 aliphatic rings. The summed E-state index contributed by atoms with van der Waals surface area (Å²) in [7, 11) is 0. The Bertz CT molecular complexity index is 170. The summed E-state index contributed by atoms with van der Waals surface area (Å²) in [6.07, 6.45) is 8.00. The van der Waals surface area contributed by atoms with Crippen LogP contribution in [0.5, 0.6) is 0 Å². The third-order valence-corrected chi connectivity index (χ3v) is 2.10. The second kappa shape index (κ2) is 10.9. The van der Waals surface area contributed by atoms with Crippen LogP contribution in [-0.2, 0) is 0 Å². The minimum Gasteiger partial charge on any atom is -0.395 e. The highest BCUT2D eigenvalue weighted by molar-refractivity contribution is 4.75. The van der Waals surface area contributed by atoms with Crippen molar-refractivity contribution in [1.82, 2.24) is 10.6 Å². The highest BCUT2D eigenvalue weighted by Gasteiger charge is 2.17. The second-order valence-electron chi connectivity index (χ2n) is 4.53. The molecule has 4 nitrogen and oxygen atoms in total. The molecule has 0 bridgehead atoms. The average Bonchev–Trinajstić information content (AvgIpc) is 2.29. The Kier molecular flexibility index (Phi) is 12.1. The van der Waals surface area contributed by atoms with E-state index in [4.69, 9.17) is 10.2 Å². The van der Waals surface area contributed by atoms with Gasteiger partial charge in [0, 0.05) is 25.7 Å². The molecule has 16 heavy (non-hydrogen) atoms. The van der Waals surface area contributed by atoms with Gasteiger partial charge in [-0.3, -0.25) is 0 Å². The SMILES string of the molecule is C#C.C[C@@H](CO)NCC(C)(C)CNCCO.